The maximum Gasteiger partial charge on any atom is 0.418 e. The van der Waals surface area contributed by atoms with Gasteiger partial charge in [-0.2, -0.15) is 18.4 Å². The van der Waals surface area contributed by atoms with Crippen LogP contribution in [0.15, 0.2) is 48.8 Å². The summed E-state index contributed by atoms with van der Waals surface area (Å²) in [4.78, 5) is 18.3. The van der Waals surface area contributed by atoms with Gasteiger partial charge in [0.15, 0.2) is 0 Å². The third kappa shape index (κ3) is 3.87. The van der Waals surface area contributed by atoms with E-state index in [2.05, 4.69) is 18.0 Å². The van der Waals surface area contributed by atoms with E-state index < -0.39 is 23.4 Å². The van der Waals surface area contributed by atoms with Crippen LogP contribution in [0.2, 0.25) is 0 Å². The van der Waals surface area contributed by atoms with Crippen LogP contribution in [0.1, 0.15) is 43.7 Å². The highest BCUT2D eigenvalue weighted by molar-refractivity contribution is 5.91. The molecule has 0 bridgehead atoms. The number of hydrogen-bond acceptors (Lipinski definition) is 4. The molecule has 2 atom stereocenters. The average molecular weight is 468 g/mol. The monoisotopic (exact) mass is 468 g/mol. The summed E-state index contributed by atoms with van der Waals surface area (Å²) in [5, 5.41) is 9.25. The van der Waals surface area contributed by atoms with E-state index in [1.165, 1.54) is 18.2 Å². The van der Waals surface area contributed by atoms with E-state index in [4.69, 9.17) is 4.74 Å². The molecule has 1 spiro atoms. The Morgan fingerprint density at radius 3 is 2.76 bits per heavy atom. The lowest BCUT2D eigenvalue weighted by Gasteiger charge is -2.43. The molecule has 3 aromatic rings. The number of carbonyl (C=O) groups excluding carboxylic acids is 1. The highest BCUT2D eigenvalue weighted by Crippen LogP contribution is 2.49. The molecule has 2 aliphatic rings. The standard InChI is InChI=1S/C25H23F3N4O2/c1-23(14-31-16-30-19-8-7-17(12-29)11-21(19)31)9-4-10-24(13-23)15-32(22(33)34-24)20-6-3-2-5-18(20)25(26,27)28/h2-3,5-8,11,16H,4,9-10,13-15H2,1H3. The number of imidazole rings is 1. The number of benzene rings is 2. The fraction of sp³-hybridized carbons (Fsp3) is 0.400. The Kier molecular flexibility index (Phi) is 5.08. The van der Waals surface area contributed by atoms with Crippen molar-refractivity contribution in [3.05, 3.63) is 59.9 Å². The first-order valence-corrected chi connectivity index (χ1v) is 11.1. The minimum absolute atomic E-state index is 0.0811. The van der Waals surface area contributed by atoms with E-state index in [0.29, 0.717) is 24.9 Å². The second kappa shape index (κ2) is 7.76. The molecule has 1 aliphatic heterocycles. The number of alkyl halides is 3. The summed E-state index contributed by atoms with van der Waals surface area (Å²) in [5.74, 6) is 0. The van der Waals surface area contributed by atoms with Crippen LogP contribution in [-0.4, -0.2) is 27.8 Å². The largest absolute Gasteiger partial charge is 0.441 e. The number of nitriles is 1. The van der Waals surface area contributed by atoms with Crippen molar-refractivity contribution in [3.63, 3.8) is 0 Å². The lowest BCUT2D eigenvalue weighted by molar-refractivity contribution is -0.137. The Hall–Kier alpha value is -3.54. The summed E-state index contributed by atoms with van der Waals surface area (Å²) in [5.41, 5.74) is 0.0443. The van der Waals surface area contributed by atoms with Gasteiger partial charge < -0.3 is 9.30 Å². The topological polar surface area (TPSA) is 71.2 Å². The van der Waals surface area contributed by atoms with E-state index in [-0.39, 0.29) is 17.6 Å². The molecule has 2 unspecified atom stereocenters. The van der Waals surface area contributed by atoms with Crippen LogP contribution in [0.25, 0.3) is 11.0 Å². The predicted molar refractivity (Wildman–Crippen MR) is 119 cm³/mol. The maximum atomic E-state index is 13.6. The van der Waals surface area contributed by atoms with Gasteiger partial charge in [-0.1, -0.05) is 19.1 Å². The fourth-order valence-electron chi connectivity index (χ4n) is 5.57. The van der Waals surface area contributed by atoms with Crippen LogP contribution in [0.4, 0.5) is 23.7 Å². The molecule has 5 rings (SSSR count). The summed E-state index contributed by atoms with van der Waals surface area (Å²) in [6.07, 6.45) is -0.787. The normalized spacial score (nSPS) is 25.0. The summed E-state index contributed by atoms with van der Waals surface area (Å²) in [6.45, 7) is 2.78. The second-order valence-corrected chi connectivity index (χ2v) is 9.68. The maximum absolute atomic E-state index is 13.6. The molecule has 0 radical (unpaired) electrons. The number of anilines is 1. The minimum Gasteiger partial charge on any atom is -0.441 e. The van der Waals surface area contributed by atoms with Crippen LogP contribution >= 0.6 is 0 Å². The number of carbonyl (C=O) groups is 1. The molecule has 34 heavy (non-hydrogen) atoms. The number of rotatable bonds is 3. The first-order valence-electron chi connectivity index (χ1n) is 11.1. The van der Waals surface area contributed by atoms with E-state index in [1.54, 1.807) is 18.5 Å². The molecule has 1 saturated carbocycles. The van der Waals surface area contributed by atoms with Gasteiger partial charge >= 0.3 is 12.3 Å². The number of para-hydroxylation sites is 1. The summed E-state index contributed by atoms with van der Waals surface area (Å²) in [7, 11) is 0. The zero-order valence-corrected chi connectivity index (χ0v) is 18.6. The number of amides is 1. The van der Waals surface area contributed by atoms with Gasteiger partial charge in [0.05, 0.1) is 46.8 Å². The van der Waals surface area contributed by atoms with Crippen LogP contribution in [-0.2, 0) is 17.5 Å². The Morgan fingerprint density at radius 1 is 1.21 bits per heavy atom. The first-order chi connectivity index (χ1) is 16.1. The number of ether oxygens (including phenoxy) is 1. The molecular weight excluding hydrogens is 445 g/mol. The van der Waals surface area contributed by atoms with Gasteiger partial charge in [0.2, 0.25) is 0 Å². The molecule has 2 aromatic carbocycles. The highest BCUT2D eigenvalue weighted by atomic mass is 19.4. The van der Waals surface area contributed by atoms with Crippen molar-refractivity contribution in [2.45, 2.75) is 50.9 Å². The van der Waals surface area contributed by atoms with Crippen molar-refractivity contribution in [2.24, 2.45) is 5.41 Å². The van der Waals surface area contributed by atoms with Crippen molar-refractivity contribution in [2.75, 3.05) is 11.4 Å². The molecule has 9 heteroatoms. The van der Waals surface area contributed by atoms with E-state index in [0.717, 1.165) is 34.8 Å². The van der Waals surface area contributed by atoms with Crippen LogP contribution in [0.3, 0.4) is 0 Å². The lowest BCUT2D eigenvalue weighted by Crippen LogP contribution is -2.45. The molecule has 6 nitrogen and oxygen atoms in total. The van der Waals surface area contributed by atoms with Crippen molar-refractivity contribution < 1.29 is 22.7 Å². The van der Waals surface area contributed by atoms with Crippen LogP contribution in [0.5, 0.6) is 0 Å². The smallest absolute Gasteiger partial charge is 0.418 e. The quantitative estimate of drug-likeness (QED) is 0.480. The Balaban J connectivity index is 1.42. The molecule has 0 N–H and O–H groups in total. The molecule has 1 aromatic heterocycles. The minimum atomic E-state index is -4.57. The molecule has 2 fully saturated rings. The van der Waals surface area contributed by atoms with Crippen molar-refractivity contribution in [1.29, 1.82) is 5.26 Å². The third-order valence-electron chi connectivity index (χ3n) is 6.93. The number of aromatic nitrogens is 2. The van der Waals surface area contributed by atoms with Gasteiger partial charge in [-0.3, -0.25) is 4.90 Å². The van der Waals surface area contributed by atoms with Gasteiger partial charge in [0.25, 0.3) is 0 Å². The van der Waals surface area contributed by atoms with E-state index in [9.17, 15) is 23.2 Å². The molecule has 176 valence electrons. The zero-order chi connectivity index (χ0) is 24.1. The summed E-state index contributed by atoms with van der Waals surface area (Å²) >= 11 is 0. The molecular formula is C25H23F3N4O2. The van der Waals surface area contributed by atoms with Gasteiger partial charge in [0.1, 0.15) is 5.60 Å². The molecule has 2 heterocycles. The third-order valence-corrected chi connectivity index (χ3v) is 6.93. The van der Waals surface area contributed by atoms with Crippen molar-refractivity contribution in [3.8, 4) is 6.07 Å². The van der Waals surface area contributed by atoms with Crippen LogP contribution < -0.4 is 4.90 Å². The average Bonchev–Trinajstić information content (AvgIpc) is 3.32. The number of nitrogens with zero attached hydrogens (tertiary/aromatic N) is 4. The van der Waals surface area contributed by atoms with Gasteiger partial charge in [-0.15, -0.1) is 0 Å². The first kappa shape index (κ1) is 22.3. The number of hydrogen-bond donors (Lipinski definition) is 0. The Bertz CT molecular complexity index is 1310. The lowest BCUT2D eigenvalue weighted by atomic mass is 9.68. The number of fused-ring (bicyclic) bond motifs is 1. The molecule has 1 amide bonds. The summed E-state index contributed by atoms with van der Waals surface area (Å²) in [6, 6.07) is 12.6. The van der Waals surface area contributed by atoms with Gasteiger partial charge in [0, 0.05) is 6.54 Å². The zero-order valence-electron chi connectivity index (χ0n) is 18.6. The van der Waals surface area contributed by atoms with Crippen LogP contribution in [0, 0.1) is 16.7 Å². The Labute approximate surface area is 194 Å². The van der Waals surface area contributed by atoms with E-state index >= 15 is 0 Å². The molecule has 1 aliphatic carbocycles. The summed E-state index contributed by atoms with van der Waals surface area (Å²) < 4.78 is 48.5. The van der Waals surface area contributed by atoms with Gasteiger partial charge in [-0.25, -0.2) is 9.78 Å². The predicted octanol–water partition coefficient (Wildman–Crippen LogP) is 5.90. The van der Waals surface area contributed by atoms with Crippen molar-refractivity contribution >= 4 is 22.8 Å². The highest BCUT2D eigenvalue weighted by Gasteiger charge is 2.52. The van der Waals surface area contributed by atoms with Crippen molar-refractivity contribution in [1.82, 2.24) is 9.55 Å². The SMILES string of the molecule is CC1(Cn2cnc3ccc(C#N)cc32)CCCC2(CN(c3ccccc3C(F)(F)F)C(=O)O2)C1. The van der Waals surface area contributed by atoms with E-state index in [1.807, 2.05) is 10.6 Å². The number of halogens is 3. The second-order valence-electron chi connectivity index (χ2n) is 9.68. The Morgan fingerprint density at radius 2 is 2.00 bits per heavy atom. The molecule has 1 saturated heterocycles. The fourth-order valence-corrected chi connectivity index (χ4v) is 5.57. The van der Waals surface area contributed by atoms with Gasteiger partial charge in [-0.05, 0) is 61.4 Å².